The summed E-state index contributed by atoms with van der Waals surface area (Å²) in [5.41, 5.74) is 1.27. The van der Waals surface area contributed by atoms with Crippen molar-refractivity contribution in [3.05, 3.63) is 30.0 Å². The summed E-state index contributed by atoms with van der Waals surface area (Å²) in [7, 11) is 0. The lowest BCUT2D eigenvalue weighted by Gasteiger charge is -2.04. The fraction of sp³-hybridized carbons (Fsp3) is 0.364. The lowest BCUT2D eigenvalue weighted by Crippen LogP contribution is -1.90. The van der Waals surface area contributed by atoms with Gasteiger partial charge in [0.2, 0.25) is 0 Å². The molecule has 0 aliphatic rings. The van der Waals surface area contributed by atoms with Crippen LogP contribution >= 0.6 is 11.5 Å². The van der Waals surface area contributed by atoms with Crippen molar-refractivity contribution in [3.8, 4) is 0 Å². The Morgan fingerprint density at radius 2 is 2.15 bits per heavy atom. The molecule has 2 heteroatoms. The van der Waals surface area contributed by atoms with Gasteiger partial charge in [-0.3, -0.25) is 0 Å². The molecule has 1 nitrogen and oxygen atoms in total. The summed E-state index contributed by atoms with van der Waals surface area (Å²) in [6.45, 7) is 4.44. The van der Waals surface area contributed by atoms with E-state index in [2.05, 4.69) is 42.5 Å². The molecule has 0 saturated heterocycles. The van der Waals surface area contributed by atoms with Gasteiger partial charge in [0.15, 0.2) is 0 Å². The third kappa shape index (κ3) is 1.46. The molecule has 2 aromatic rings. The highest BCUT2D eigenvalue weighted by atomic mass is 32.1. The third-order valence-corrected chi connectivity index (χ3v) is 3.33. The second-order valence-electron chi connectivity index (χ2n) is 3.37. The topological polar surface area (TPSA) is 12.9 Å². The van der Waals surface area contributed by atoms with Gasteiger partial charge in [-0.2, -0.15) is 4.37 Å². The Morgan fingerprint density at radius 3 is 2.92 bits per heavy atom. The highest BCUT2D eigenvalue weighted by Gasteiger charge is 2.10. The van der Waals surface area contributed by atoms with Crippen LogP contribution in [0.15, 0.2) is 24.3 Å². The number of fused-ring (bicyclic) bond motifs is 1. The van der Waals surface area contributed by atoms with Crippen LogP contribution in [0.2, 0.25) is 0 Å². The molecule has 0 fully saturated rings. The van der Waals surface area contributed by atoms with Gasteiger partial charge in [0.25, 0.3) is 0 Å². The lowest BCUT2D eigenvalue weighted by atomic mass is 10.0. The molecule has 0 unspecified atom stereocenters. The Labute approximate surface area is 82.6 Å². The van der Waals surface area contributed by atoms with E-state index in [-0.39, 0.29) is 0 Å². The van der Waals surface area contributed by atoms with E-state index < -0.39 is 0 Å². The van der Waals surface area contributed by atoms with Gasteiger partial charge in [0, 0.05) is 5.39 Å². The van der Waals surface area contributed by atoms with Crippen LogP contribution in [0, 0.1) is 0 Å². The Morgan fingerprint density at radius 1 is 1.38 bits per heavy atom. The van der Waals surface area contributed by atoms with Crippen LogP contribution in [0.3, 0.4) is 0 Å². The van der Waals surface area contributed by atoms with Crippen molar-refractivity contribution in [1.29, 1.82) is 0 Å². The molecule has 1 atom stereocenters. The van der Waals surface area contributed by atoms with Crippen molar-refractivity contribution < 1.29 is 0 Å². The molecule has 0 aliphatic carbocycles. The fourth-order valence-electron chi connectivity index (χ4n) is 1.45. The van der Waals surface area contributed by atoms with Gasteiger partial charge in [-0.15, -0.1) is 0 Å². The van der Waals surface area contributed by atoms with Crippen LogP contribution < -0.4 is 0 Å². The van der Waals surface area contributed by atoms with Crippen molar-refractivity contribution in [1.82, 2.24) is 4.37 Å². The SMILES string of the molecule is CC[C@@H](C)c1nsc2ccccc12. The number of hydrogen-bond donors (Lipinski definition) is 0. The van der Waals surface area contributed by atoms with Gasteiger partial charge in [-0.05, 0) is 29.9 Å². The molecule has 0 saturated carbocycles. The van der Waals surface area contributed by atoms with E-state index in [9.17, 15) is 0 Å². The largest absolute Gasteiger partial charge is 0.196 e. The first-order chi connectivity index (χ1) is 6.33. The minimum absolute atomic E-state index is 0.580. The summed E-state index contributed by atoms with van der Waals surface area (Å²) in [6, 6.07) is 8.46. The maximum Gasteiger partial charge on any atom is 0.0648 e. The zero-order valence-electron chi connectivity index (χ0n) is 7.95. The molecule has 1 heterocycles. The summed E-state index contributed by atoms with van der Waals surface area (Å²) in [6.07, 6.45) is 1.16. The molecule has 0 radical (unpaired) electrons. The summed E-state index contributed by atoms with van der Waals surface area (Å²) in [5.74, 6) is 0.580. The molecule has 0 amide bonds. The normalized spacial score (nSPS) is 13.4. The number of nitrogens with zero attached hydrogens (tertiary/aromatic N) is 1. The molecular formula is C11H13NS. The molecule has 2 rings (SSSR count). The standard InChI is InChI=1S/C11H13NS/c1-3-8(2)11-9-6-4-5-7-10(9)13-12-11/h4-8H,3H2,1-2H3/t8-/m1/s1. The van der Waals surface area contributed by atoms with E-state index in [0.717, 1.165) is 6.42 Å². The minimum Gasteiger partial charge on any atom is -0.196 e. The number of rotatable bonds is 2. The average Bonchev–Trinajstić information content (AvgIpc) is 2.60. The van der Waals surface area contributed by atoms with Gasteiger partial charge in [-0.25, -0.2) is 0 Å². The highest BCUT2D eigenvalue weighted by Crippen LogP contribution is 2.29. The molecule has 1 aromatic carbocycles. The first-order valence-electron chi connectivity index (χ1n) is 4.67. The third-order valence-electron chi connectivity index (χ3n) is 2.48. The maximum absolute atomic E-state index is 4.51. The lowest BCUT2D eigenvalue weighted by molar-refractivity contribution is 0.723. The quantitative estimate of drug-likeness (QED) is 0.703. The van der Waals surface area contributed by atoms with E-state index >= 15 is 0 Å². The predicted molar refractivity (Wildman–Crippen MR) is 58.3 cm³/mol. The van der Waals surface area contributed by atoms with Crippen molar-refractivity contribution in [2.24, 2.45) is 0 Å². The van der Waals surface area contributed by atoms with Crippen LogP contribution in [0.25, 0.3) is 10.1 Å². The second kappa shape index (κ2) is 3.46. The van der Waals surface area contributed by atoms with E-state index in [4.69, 9.17) is 0 Å². The van der Waals surface area contributed by atoms with Crippen LogP contribution in [0.1, 0.15) is 31.9 Å². The van der Waals surface area contributed by atoms with E-state index in [1.807, 2.05) is 0 Å². The molecule has 0 aliphatic heterocycles. The van der Waals surface area contributed by atoms with E-state index in [0.29, 0.717) is 5.92 Å². The minimum atomic E-state index is 0.580. The molecular weight excluding hydrogens is 178 g/mol. The second-order valence-corrected chi connectivity index (χ2v) is 4.18. The Kier molecular flexibility index (Phi) is 2.32. The first kappa shape index (κ1) is 8.70. The molecule has 68 valence electrons. The van der Waals surface area contributed by atoms with Crippen LogP contribution in [-0.2, 0) is 0 Å². The fourth-order valence-corrected chi connectivity index (χ4v) is 2.34. The summed E-state index contributed by atoms with van der Waals surface area (Å²) >= 11 is 1.61. The predicted octanol–water partition coefficient (Wildman–Crippen LogP) is 3.81. The Bertz CT molecular complexity index is 405. The molecule has 1 aromatic heterocycles. The Balaban J connectivity index is 2.57. The van der Waals surface area contributed by atoms with E-state index in [1.165, 1.54) is 15.8 Å². The molecule has 0 spiro atoms. The number of benzene rings is 1. The van der Waals surface area contributed by atoms with Gasteiger partial charge in [0.1, 0.15) is 0 Å². The summed E-state index contributed by atoms with van der Waals surface area (Å²) < 4.78 is 5.81. The van der Waals surface area contributed by atoms with Crippen LogP contribution in [0.5, 0.6) is 0 Å². The zero-order valence-corrected chi connectivity index (χ0v) is 8.77. The van der Waals surface area contributed by atoms with Gasteiger partial charge < -0.3 is 0 Å². The van der Waals surface area contributed by atoms with Crippen LogP contribution in [0.4, 0.5) is 0 Å². The maximum atomic E-state index is 4.51. The Hall–Kier alpha value is -0.890. The van der Waals surface area contributed by atoms with Crippen LogP contribution in [-0.4, -0.2) is 4.37 Å². The van der Waals surface area contributed by atoms with Crippen molar-refractivity contribution >= 4 is 21.6 Å². The zero-order chi connectivity index (χ0) is 9.26. The van der Waals surface area contributed by atoms with Gasteiger partial charge in [-0.1, -0.05) is 32.0 Å². The van der Waals surface area contributed by atoms with Crippen molar-refractivity contribution in [2.45, 2.75) is 26.2 Å². The van der Waals surface area contributed by atoms with E-state index in [1.54, 1.807) is 11.5 Å². The smallest absolute Gasteiger partial charge is 0.0648 e. The first-order valence-corrected chi connectivity index (χ1v) is 5.44. The molecule has 13 heavy (non-hydrogen) atoms. The highest BCUT2D eigenvalue weighted by molar-refractivity contribution is 7.13. The van der Waals surface area contributed by atoms with Crippen molar-refractivity contribution in [3.63, 3.8) is 0 Å². The molecule has 0 bridgehead atoms. The average molecular weight is 191 g/mol. The number of hydrogen-bond acceptors (Lipinski definition) is 2. The summed E-state index contributed by atoms with van der Waals surface area (Å²) in [5, 5.41) is 1.34. The van der Waals surface area contributed by atoms with Gasteiger partial charge >= 0.3 is 0 Å². The number of aromatic nitrogens is 1. The summed E-state index contributed by atoms with van der Waals surface area (Å²) in [4.78, 5) is 0. The molecule has 0 N–H and O–H groups in total. The monoisotopic (exact) mass is 191 g/mol. The van der Waals surface area contributed by atoms with Crippen molar-refractivity contribution in [2.75, 3.05) is 0 Å². The van der Waals surface area contributed by atoms with Gasteiger partial charge in [0.05, 0.1) is 10.4 Å².